The summed E-state index contributed by atoms with van der Waals surface area (Å²) in [6.45, 7) is 0.487. The fourth-order valence-electron chi connectivity index (χ4n) is 2.43. The molecule has 0 aliphatic carbocycles. The first-order valence-electron chi connectivity index (χ1n) is 6.51. The maximum atomic E-state index is 9.78. The number of fused-ring (bicyclic) bond motifs is 1. The van der Waals surface area contributed by atoms with Crippen molar-refractivity contribution in [3.8, 4) is 23.0 Å². The van der Waals surface area contributed by atoms with Crippen LogP contribution in [0.1, 0.15) is 17.3 Å². The highest BCUT2D eigenvalue weighted by Crippen LogP contribution is 2.37. The Labute approximate surface area is 120 Å². The summed E-state index contributed by atoms with van der Waals surface area (Å²) in [5.74, 6) is 1.62. The highest BCUT2D eigenvalue weighted by Gasteiger charge is 2.29. The van der Waals surface area contributed by atoms with Crippen molar-refractivity contribution in [2.45, 2.75) is 5.92 Å². The predicted octanol–water partition coefficient (Wildman–Crippen LogP) is 2.36. The van der Waals surface area contributed by atoms with Crippen molar-refractivity contribution in [2.24, 2.45) is 0 Å². The average Bonchev–Trinajstić information content (AvgIpc) is 3.14. The molecule has 3 aromatic rings. The number of hydrogen-bond donors (Lipinski definition) is 1. The standard InChI is InChI=1S/C15H11N3O3/c19-12-7-16-6-5-10(12)15-17-14(18-21-15)11-8-20-13-4-2-1-3-9(11)13/h1-7,11,19H,8H2. The largest absolute Gasteiger partial charge is 0.505 e. The van der Waals surface area contributed by atoms with Gasteiger partial charge in [0.25, 0.3) is 5.89 Å². The second-order valence-electron chi connectivity index (χ2n) is 4.75. The van der Waals surface area contributed by atoms with Gasteiger partial charge in [-0.25, -0.2) is 0 Å². The smallest absolute Gasteiger partial charge is 0.261 e. The summed E-state index contributed by atoms with van der Waals surface area (Å²) in [5, 5.41) is 13.8. The van der Waals surface area contributed by atoms with Crippen molar-refractivity contribution < 1.29 is 14.4 Å². The lowest BCUT2D eigenvalue weighted by molar-refractivity contribution is 0.334. The van der Waals surface area contributed by atoms with Gasteiger partial charge in [0, 0.05) is 11.8 Å². The Bertz CT molecular complexity index is 800. The quantitative estimate of drug-likeness (QED) is 0.776. The van der Waals surface area contributed by atoms with E-state index in [-0.39, 0.29) is 17.6 Å². The number of rotatable bonds is 2. The van der Waals surface area contributed by atoms with E-state index in [1.807, 2.05) is 24.3 Å². The Morgan fingerprint density at radius 1 is 1.19 bits per heavy atom. The highest BCUT2D eigenvalue weighted by atomic mass is 16.5. The van der Waals surface area contributed by atoms with Crippen LogP contribution in [0, 0.1) is 0 Å². The van der Waals surface area contributed by atoms with Gasteiger partial charge in [-0.05, 0) is 12.1 Å². The number of pyridine rings is 1. The van der Waals surface area contributed by atoms with Crippen molar-refractivity contribution in [1.82, 2.24) is 15.1 Å². The molecule has 0 saturated heterocycles. The van der Waals surface area contributed by atoms with Gasteiger partial charge >= 0.3 is 0 Å². The molecule has 6 heteroatoms. The van der Waals surface area contributed by atoms with E-state index in [1.165, 1.54) is 6.20 Å². The summed E-state index contributed by atoms with van der Waals surface area (Å²) in [6, 6.07) is 9.43. The molecule has 1 aromatic carbocycles. The summed E-state index contributed by atoms with van der Waals surface area (Å²) >= 11 is 0. The van der Waals surface area contributed by atoms with E-state index in [0.29, 0.717) is 18.0 Å². The molecule has 0 fully saturated rings. The molecule has 0 bridgehead atoms. The number of ether oxygens (including phenoxy) is 1. The molecule has 4 rings (SSSR count). The fraction of sp³-hybridized carbons (Fsp3) is 0.133. The molecule has 0 saturated carbocycles. The SMILES string of the molecule is Oc1cnccc1-c1nc(C2COc3ccccc32)no1. The molecule has 6 nitrogen and oxygen atoms in total. The first-order chi connectivity index (χ1) is 10.3. The van der Waals surface area contributed by atoms with Crippen LogP contribution < -0.4 is 4.74 Å². The van der Waals surface area contributed by atoms with Crippen LogP contribution in [0.3, 0.4) is 0 Å². The van der Waals surface area contributed by atoms with Gasteiger partial charge in [0.1, 0.15) is 18.1 Å². The summed E-state index contributed by atoms with van der Waals surface area (Å²) in [5.41, 5.74) is 1.51. The molecule has 0 radical (unpaired) electrons. The number of benzene rings is 1. The van der Waals surface area contributed by atoms with Gasteiger partial charge in [-0.2, -0.15) is 4.98 Å². The van der Waals surface area contributed by atoms with Gasteiger partial charge in [-0.3, -0.25) is 4.98 Å². The summed E-state index contributed by atoms with van der Waals surface area (Å²) in [4.78, 5) is 8.20. The third kappa shape index (κ3) is 1.92. The molecule has 104 valence electrons. The summed E-state index contributed by atoms with van der Waals surface area (Å²) in [6.07, 6.45) is 2.90. The lowest BCUT2D eigenvalue weighted by Gasteiger charge is -2.01. The second-order valence-corrected chi connectivity index (χ2v) is 4.75. The third-order valence-corrected chi connectivity index (χ3v) is 3.48. The van der Waals surface area contributed by atoms with Crippen LogP contribution in [-0.2, 0) is 0 Å². The molecular formula is C15H11N3O3. The summed E-state index contributed by atoms with van der Waals surface area (Å²) in [7, 11) is 0. The minimum atomic E-state index is -0.0531. The predicted molar refractivity (Wildman–Crippen MR) is 73.0 cm³/mol. The highest BCUT2D eigenvalue weighted by molar-refractivity contribution is 5.60. The van der Waals surface area contributed by atoms with Crippen LogP contribution in [0.25, 0.3) is 11.5 Å². The topological polar surface area (TPSA) is 81.3 Å². The average molecular weight is 281 g/mol. The zero-order chi connectivity index (χ0) is 14.2. The molecular weight excluding hydrogens is 270 g/mol. The number of hydrogen-bond acceptors (Lipinski definition) is 6. The van der Waals surface area contributed by atoms with Crippen LogP contribution >= 0.6 is 0 Å². The van der Waals surface area contributed by atoms with Gasteiger partial charge in [0.2, 0.25) is 0 Å². The van der Waals surface area contributed by atoms with Gasteiger partial charge in [0.05, 0.1) is 17.7 Å². The zero-order valence-electron chi connectivity index (χ0n) is 10.9. The molecule has 0 spiro atoms. The maximum absolute atomic E-state index is 9.78. The number of nitrogens with zero attached hydrogens (tertiary/aromatic N) is 3. The van der Waals surface area contributed by atoms with Gasteiger partial charge in [-0.15, -0.1) is 0 Å². The van der Waals surface area contributed by atoms with Crippen LogP contribution in [0.2, 0.25) is 0 Å². The van der Waals surface area contributed by atoms with Crippen molar-refractivity contribution >= 4 is 0 Å². The molecule has 3 heterocycles. The van der Waals surface area contributed by atoms with Crippen LogP contribution in [-0.4, -0.2) is 26.8 Å². The molecule has 1 aliphatic heterocycles. The van der Waals surface area contributed by atoms with E-state index in [1.54, 1.807) is 12.3 Å². The Balaban J connectivity index is 1.72. The van der Waals surface area contributed by atoms with Gasteiger partial charge in [0.15, 0.2) is 5.82 Å². The van der Waals surface area contributed by atoms with E-state index in [4.69, 9.17) is 9.26 Å². The first kappa shape index (κ1) is 11.9. The zero-order valence-corrected chi connectivity index (χ0v) is 10.9. The Hall–Kier alpha value is -2.89. The van der Waals surface area contributed by atoms with Gasteiger partial charge < -0.3 is 14.4 Å². The second kappa shape index (κ2) is 4.59. The molecule has 0 amide bonds. The Kier molecular flexibility index (Phi) is 2.60. The number of para-hydroxylation sites is 1. The van der Waals surface area contributed by atoms with Crippen LogP contribution in [0.15, 0.2) is 47.2 Å². The van der Waals surface area contributed by atoms with E-state index >= 15 is 0 Å². The van der Waals surface area contributed by atoms with E-state index < -0.39 is 0 Å². The van der Waals surface area contributed by atoms with E-state index in [2.05, 4.69) is 15.1 Å². The molecule has 1 unspecified atom stereocenters. The minimum absolute atomic E-state index is 0.00997. The normalized spacial score (nSPS) is 16.5. The molecule has 21 heavy (non-hydrogen) atoms. The van der Waals surface area contributed by atoms with Crippen molar-refractivity contribution in [1.29, 1.82) is 0 Å². The Morgan fingerprint density at radius 3 is 3.00 bits per heavy atom. The van der Waals surface area contributed by atoms with Crippen LogP contribution in [0.5, 0.6) is 11.5 Å². The van der Waals surface area contributed by atoms with E-state index in [9.17, 15) is 5.11 Å². The van der Waals surface area contributed by atoms with Crippen LogP contribution in [0.4, 0.5) is 0 Å². The number of aromatic hydroxyl groups is 1. The molecule has 1 N–H and O–H groups in total. The third-order valence-electron chi connectivity index (χ3n) is 3.48. The molecule has 1 aliphatic rings. The maximum Gasteiger partial charge on any atom is 0.261 e. The van der Waals surface area contributed by atoms with Crippen molar-refractivity contribution in [2.75, 3.05) is 6.61 Å². The summed E-state index contributed by atoms with van der Waals surface area (Å²) < 4.78 is 10.9. The molecule has 1 atom stereocenters. The van der Waals surface area contributed by atoms with Gasteiger partial charge in [-0.1, -0.05) is 23.4 Å². The Morgan fingerprint density at radius 2 is 2.10 bits per heavy atom. The monoisotopic (exact) mass is 281 g/mol. The molecule has 2 aromatic heterocycles. The minimum Gasteiger partial charge on any atom is -0.505 e. The lowest BCUT2D eigenvalue weighted by Crippen LogP contribution is -2.04. The lowest BCUT2D eigenvalue weighted by atomic mass is 10.0. The van der Waals surface area contributed by atoms with Crippen molar-refractivity contribution in [3.63, 3.8) is 0 Å². The van der Waals surface area contributed by atoms with Crippen molar-refractivity contribution in [3.05, 3.63) is 54.1 Å². The fourth-order valence-corrected chi connectivity index (χ4v) is 2.43. The number of aromatic nitrogens is 3. The first-order valence-corrected chi connectivity index (χ1v) is 6.51. The van der Waals surface area contributed by atoms with E-state index in [0.717, 1.165) is 11.3 Å².